The normalized spacial score (nSPS) is 39.4. The van der Waals surface area contributed by atoms with Crippen molar-refractivity contribution in [1.82, 2.24) is 0 Å². The minimum Gasteiger partial charge on any atom is -0.488 e. The molecule has 4 heteroatoms. The molecule has 2 aliphatic carbocycles. The number of hydrogen-bond donors (Lipinski definition) is 1. The van der Waals surface area contributed by atoms with Crippen LogP contribution in [-0.2, 0) is 14.3 Å². The van der Waals surface area contributed by atoms with Crippen LogP contribution in [0.15, 0.2) is 11.5 Å². The number of ketones is 1. The van der Waals surface area contributed by atoms with Gasteiger partial charge in [-0.2, -0.15) is 0 Å². The molecule has 1 saturated carbocycles. The van der Waals surface area contributed by atoms with Crippen molar-refractivity contribution in [2.24, 2.45) is 17.3 Å². The zero-order chi connectivity index (χ0) is 16.2. The fourth-order valence-corrected chi connectivity index (χ4v) is 3.86. The van der Waals surface area contributed by atoms with Crippen molar-refractivity contribution in [3.63, 3.8) is 0 Å². The molecule has 2 aliphatic rings. The first-order chi connectivity index (χ1) is 9.55. The number of carbonyl (C=O) groups is 1. The van der Waals surface area contributed by atoms with Crippen molar-refractivity contribution >= 4 is 5.78 Å². The van der Waals surface area contributed by atoms with Crippen LogP contribution >= 0.6 is 0 Å². The molecule has 1 fully saturated rings. The largest absolute Gasteiger partial charge is 0.488 e. The Labute approximate surface area is 127 Å². The number of hydrogen-bond acceptors (Lipinski definition) is 4. The van der Waals surface area contributed by atoms with Crippen molar-refractivity contribution in [1.29, 1.82) is 0 Å². The molecule has 2 rings (SSSR count). The number of Topliss-reactive ketones (excluding diaryl/α,β-unsaturated/α-hetero) is 1. The van der Waals surface area contributed by atoms with E-state index >= 15 is 0 Å². The Morgan fingerprint density at radius 1 is 1.14 bits per heavy atom. The third-order valence-electron chi connectivity index (χ3n) is 5.05. The Kier molecular flexibility index (Phi) is 3.90. The van der Waals surface area contributed by atoms with Crippen LogP contribution < -0.4 is 0 Å². The van der Waals surface area contributed by atoms with E-state index in [2.05, 4.69) is 6.92 Å². The summed E-state index contributed by atoms with van der Waals surface area (Å²) in [6, 6.07) is 0. The first kappa shape index (κ1) is 16.3. The second-order valence-corrected chi connectivity index (χ2v) is 7.39. The van der Waals surface area contributed by atoms with Crippen LogP contribution in [0.3, 0.4) is 0 Å². The molecule has 0 amide bonds. The third-order valence-corrected chi connectivity index (χ3v) is 5.05. The van der Waals surface area contributed by atoms with Gasteiger partial charge in [0.25, 0.3) is 0 Å². The van der Waals surface area contributed by atoms with Gasteiger partial charge in [0.2, 0.25) is 11.5 Å². The fourth-order valence-electron chi connectivity index (χ4n) is 3.86. The molecule has 4 nitrogen and oxygen atoms in total. The zero-order valence-corrected chi connectivity index (χ0v) is 14.2. The summed E-state index contributed by atoms with van der Waals surface area (Å²) in [4.78, 5) is 12.9. The van der Waals surface area contributed by atoms with Crippen molar-refractivity contribution in [3.05, 3.63) is 11.5 Å². The van der Waals surface area contributed by atoms with Gasteiger partial charge in [-0.25, -0.2) is 0 Å². The molecule has 0 aromatic heterocycles. The van der Waals surface area contributed by atoms with Crippen molar-refractivity contribution in [2.75, 3.05) is 0 Å². The Morgan fingerprint density at radius 2 is 1.67 bits per heavy atom. The molecule has 0 heterocycles. The van der Waals surface area contributed by atoms with E-state index in [0.29, 0.717) is 12.2 Å². The predicted octanol–water partition coefficient (Wildman–Crippen LogP) is 3.04. The summed E-state index contributed by atoms with van der Waals surface area (Å²) < 4.78 is 11.6. The highest BCUT2D eigenvalue weighted by atomic mass is 16.5. The van der Waals surface area contributed by atoms with Gasteiger partial charge in [0.1, 0.15) is 5.60 Å². The highest BCUT2D eigenvalue weighted by Gasteiger charge is 2.71. The number of fused-ring (bicyclic) bond motifs is 1. The van der Waals surface area contributed by atoms with Crippen LogP contribution in [0.5, 0.6) is 0 Å². The topological polar surface area (TPSA) is 55.8 Å². The maximum atomic E-state index is 12.9. The molecule has 21 heavy (non-hydrogen) atoms. The maximum absolute atomic E-state index is 12.9. The molecule has 1 N–H and O–H groups in total. The lowest BCUT2D eigenvalue weighted by Crippen LogP contribution is -2.48. The van der Waals surface area contributed by atoms with Gasteiger partial charge < -0.3 is 14.6 Å². The molecule has 120 valence electrons. The highest BCUT2D eigenvalue weighted by Crippen LogP contribution is 2.62. The first-order valence-corrected chi connectivity index (χ1v) is 7.91. The van der Waals surface area contributed by atoms with Crippen LogP contribution in [0.1, 0.15) is 54.9 Å². The van der Waals surface area contributed by atoms with Crippen LogP contribution in [-0.4, -0.2) is 28.7 Å². The molecule has 0 unspecified atom stereocenters. The van der Waals surface area contributed by atoms with E-state index in [1.54, 1.807) is 0 Å². The van der Waals surface area contributed by atoms with Crippen LogP contribution in [0.2, 0.25) is 0 Å². The molecule has 0 spiro atoms. The lowest BCUT2D eigenvalue weighted by Gasteiger charge is -2.36. The maximum Gasteiger partial charge on any atom is 0.210 e. The lowest BCUT2D eigenvalue weighted by atomic mass is 9.74. The van der Waals surface area contributed by atoms with E-state index < -0.39 is 11.0 Å². The zero-order valence-electron chi connectivity index (χ0n) is 14.2. The number of allylic oxidation sites excluding steroid dienone is 1. The van der Waals surface area contributed by atoms with E-state index in [9.17, 15) is 9.90 Å². The third kappa shape index (κ3) is 2.10. The molecule has 0 aromatic rings. The van der Waals surface area contributed by atoms with Gasteiger partial charge in [0.05, 0.1) is 17.6 Å². The van der Waals surface area contributed by atoms with Crippen LogP contribution in [0.25, 0.3) is 0 Å². The highest BCUT2D eigenvalue weighted by molar-refractivity contribution is 6.03. The van der Waals surface area contributed by atoms with E-state index in [4.69, 9.17) is 9.47 Å². The van der Waals surface area contributed by atoms with E-state index in [0.717, 1.165) is 0 Å². The van der Waals surface area contributed by atoms with E-state index in [1.165, 1.54) is 0 Å². The van der Waals surface area contributed by atoms with Crippen LogP contribution in [0, 0.1) is 17.3 Å². The molecule has 0 bridgehead atoms. The predicted molar refractivity (Wildman–Crippen MR) is 80.5 cm³/mol. The second-order valence-electron chi connectivity index (χ2n) is 7.39. The Hall–Kier alpha value is -1.03. The fraction of sp³-hybridized carbons (Fsp3) is 0.824. The molecule has 0 radical (unpaired) electrons. The summed E-state index contributed by atoms with van der Waals surface area (Å²) in [5.41, 5.74) is -2.11. The standard InChI is InChI=1S/C17H28O4/c1-9(2)20-13-14(18)16(7)8-11(5)12(6)17(16,19)15(13)21-10(3)4/h9-12,19H,8H2,1-7H3/t11-,12-,16+,17+/m0/s1. The SMILES string of the molecule is CC(C)OC1=C(OC(C)C)[C@]2(O)[C@@H](C)[C@@H](C)C[C@]2(C)C1=O. The average Bonchev–Trinajstić information content (AvgIpc) is 2.62. The summed E-state index contributed by atoms with van der Waals surface area (Å²) in [7, 11) is 0. The number of rotatable bonds is 4. The quantitative estimate of drug-likeness (QED) is 0.866. The van der Waals surface area contributed by atoms with Gasteiger partial charge in [0, 0.05) is 0 Å². The summed E-state index contributed by atoms with van der Waals surface area (Å²) in [5, 5.41) is 11.4. The first-order valence-electron chi connectivity index (χ1n) is 7.91. The lowest BCUT2D eigenvalue weighted by molar-refractivity contribution is -0.137. The van der Waals surface area contributed by atoms with Crippen molar-refractivity contribution in [3.8, 4) is 0 Å². The molecule has 4 atom stereocenters. The molecule has 0 aliphatic heterocycles. The minimum absolute atomic E-state index is 0.0477. The molecule has 0 aromatic carbocycles. The summed E-state index contributed by atoms with van der Waals surface area (Å²) in [6.45, 7) is 13.5. The smallest absolute Gasteiger partial charge is 0.210 e. The Morgan fingerprint density at radius 3 is 2.14 bits per heavy atom. The number of aliphatic hydroxyl groups is 1. The monoisotopic (exact) mass is 296 g/mol. The van der Waals surface area contributed by atoms with E-state index in [-0.39, 0.29) is 35.6 Å². The minimum atomic E-state index is -1.27. The van der Waals surface area contributed by atoms with Crippen molar-refractivity contribution < 1.29 is 19.4 Å². The van der Waals surface area contributed by atoms with Crippen LogP contribution in [0.4, 0.5) is 0 Å². The summed E-state index contributed by atoms with van der Waals surface area (Å²) >= 11 is 0. The van der Waals surface area contributed by atoms with Gasteiger partial charge in [-0.05, 0) is 52.9 Å². The van der Waals surface area contributed by atoms with Gasteiger partial charge in [-0.15, -0.1) is 0 Å². The Bertz CT molecular complexity index is 479. The summed E-state index contributed by atoms with van der Waals surface area (Å²) in [6.07, 6.45) is 0.404. The second kappa shape index (κ2) is 5.01. The average molecular weight is 296 g/mol. The molecule has 0 saturated heterocycles. The van der Waals surface area contributed by atoms with E-state index in [1.807, 2.05) is 41.5 Å². The molecular formula is C17H28O4. The van der Waals surface area contributed by atoms with Gasteiger partial charge >= 0.3 is 0 Å². The number of carbonyl (C=O) groups excluding carboxylic acids is 1. The Balaban J connectivity index is 2.58. The summed E-state index contributed by atoms with van der Waals surface area (Å²) in [5.74, 6) is 0.660. The number of ether oxygens (including phenoxy) is 2. The van der Waals surface area contributed by atoms with Gasteiger partial charge in [-0.1, -0.05) is 13.8 Å². The molecular weight excluding hydrogens is 268 g/mol. The van der Waals surface area contributed by atoms with Gasteiger partial charge in [0.15, 0.2) is 5.76 Å². The van der Waals surface area contributed by atoms with Gasteiger partial charge in [-0.3, -0.25) is 4.79 Å². The van der Waals surface area contributed by atoms with Crippen molar-refractivity contribution in [2.45, 2.75) is 72.7 Å².